The summed E-state index contributed by atoms with van der Waals surface area (Å²) in [6.45, 7) is -0.793. The maximum Gasteiger partial charge on any atom is 0.401 e. The summed E-state index contributed by atoms with van der Waals surface area (Å²) in [5, 5.41) is 2.31. The third kappa shape index (κ3) is 6.97. The predicted octanol–water partition coefficient (Wildman–Crippen LogP) is 2.10. The van der Waals surface area contributed by atoms with Crippen molar-refractivity contribution in [3.05, 3.63) is 35.9 Å². The molecule has 5 heteroatoms. The van der Waals surface area contributed by atoms with E-state index in [0.29, 0.717) is 6.42 Å². The van der Waals surface area contributed by atoms with Crippen molar-refractivity contribution in [2.45, 2.75) is 25.1 Å². The van der Waals surface area contributed by atoms with Crippen LogP contribution in [0.4, 0.5) is 13.2 Å². The minimum absolute atomic E-state index is 0.187. The van der Waals surface area contributed by atoms with Crippen LogP contribution in [-0.2, 0) is 6.42 Å². The van der Waals surface area contributed by atoms with Crippen molar-refractivity contribution >= 4 is 0 Å². The molecular formula is C12H17F3N2. The van der Waals surface area contributed by atoms with E-state index >= 15 is 0 Å². The van der Waals surface area contributed by atoms with Crippen LogP contribution in [-0.4, -0.2) is 25.3 Å². The van der Waals surface area contributed by atoms with Gasteiger partial charge < -0.3 is 11.1 Å². The third-order valence-corrected chi connectivity index (χ3v) is 2.38. The molecule has 0 aromatic heterocycles. The average molecular weight is 246 g/mol. The van der Waals surface area contributed by atoms with Crippen LogP contribution in [0.25, 0.3) is 0 Å². The molecule has 0 aliphatic rings. The first-order chi connectivity index (χ1) is 7.97. The quantitative estimate of drug-likeness (QED) is 0.806. The molecular weight excluding hydrogens is 229 g/mol. The predicted molar refractivity (Wildman–Crippen MR) is 61.7 cm³/mol. The SMILES string of the molecule is NC(CCc1ccccc1)CNCC(F)(F)F. The van der Waals surface area contributed by atoms with Crippen molar-refractivity contribution in [3.8, 4) is 0 Å². The number of alkyl halides is 3. The minimum atomic E-state index is -4.17. The van der Waals surface area contributed by atoms with Crippen LogP contribution in [0, 0.1) is 0 Å². The van der Waals surface area contributed by atoms with Gasteiger partial charge in [-0.25, -0.2) is 0 Å². The zero-order valence-electron chi connectivity index (χ0n) is 9.50. The Kier molecular flexibility index (Phi) is 5.44. The van der Waals surface area contributed by atoms with Crippen molar-refractivity contribution < 1.29 is 13.2 Å². The van der Waals surface area contributed by atoms with E-state index in [2.05, 4.69) is 5.32 Å². The number of rotatable bonds is 6. The minimum Gasteiger partial charge on any atom is -0.327 e. The Morgan fingerprint density at radius 2 is 1.82 bits per heavy atom. The first-order valence-electron chi connectivity index (χ1n) is 5.54. The highest BCUT2D eigenvalue weighted by Gasteiger charge is 2.26. The highest BCUT2D eigenvalue weighted by molar-refractivity contribution is 5.14. The van der Waals surface area contributed by atoms with Crippen LogP contribution >= 0.6 is 0 Å². The van der Waals surface area contributed by atoms with E-state index in [0.717, 1.165) is 12.0 Å². The lowest BCUT2D eigenvalue weighted by molar-refractivity contribution is -0.124. The zero-order chi connectivity index (χ0) is 12.7. The van der Waals surface area contributed by atoms with Gasteiger partial charge in [-0.2, -0.15) is 13.2 Å². The smallest absolute Gasteiger partial charge is 0.327 e. The molecule has 0 bridgehead atoms. The Bertz CT molecular complexity index is 311. The molecule has 2 nitrogen and oxygen atoms in total. The van der Waals surface area contributed by atoms with Gasteiger partial charge in [0.2, 0.25) is 0 Å². The summed E-state index contributed by atoms with van der Waals surface area (Å²) < 4.78 is 35.6. The van der Waals surface area contributed by atoms with E-state index in [9.17, 15) is 13.2 Å². The maximum atomic E-state index is 11.9. The Morgan fingerprint density at radius 1 is 1.18 bits per heavy atom. The van der Waals surface area contributed by atoms with Gasteiger partial charge in [0.15, 0.2) is 0 Å². The molecule has 3 N–H and O–H groups in total. The van der Waals surface area contributed by atoms with Crippen LogP contribution in [0.2, 0.25) is 0 Å². The number of benzene rings is 1. The largest absolute Gasteiger partial charge is 0.401 e. The Morgan fingerprint density at radius 3 is 2.41 bits per heavy atom. The van der Waals surface area contributed by atoms with Gasteiger partial charge in [0.1, 0.15) is 0 Å². The number of nitrogens with two attached hydrogens (primary N) is 1. The zero-order valence-corrected chi connectivity index (χ0v) is 9.50. The lowest BCUT2D eigenvalue weighted by Gasteiger charge is -2.13. The molecule has 0 aliphatic heterocycles. The molecule has 17 heavy (non-hydrogen) atoms. The fourth-order valence-electron chi connectivity index (χ4n) is 1.50. The maximum absolute atomic E-state index is 11.9. The highest BCUT2D eigenvalue weighted by atomic mass is 19.4. The van der Waals surface area contributed by atoms with E-state index in [-0.39, 0.29) is 12.6 Å². The van der Waals surface area contributed by atoms with Gasteiger partial charge >= 0.3 is 6.18 Å². The summed E-state index contributed by atoms with van der Waals surface area (Å²) >= 11 is 0. The summed E-state index contributed by atoms with van der Waals surface area (Å²) in [6.07, 6.45) is -2.70. The summed E-state index contributed by atoms with van der Waals surface area (Å²) in [4.78, 5) is 0. The van der Waals surface area contributed by atoms with Crippen molar-refractivity contribution in [1.82, 2.24) is 5.32 Å². The summed E-state index contributed by atoms with van der Waals surface area (Å²) in [6, 6.07) is 9.50. The van der Waals surface area contributed by atoms with E-state index in [4.69, 9.17) is 5.73 Å². The summed E-state index contributed by atoms with van der Waals surface area (Å²) in [7, 11) is 0. The van der Waals surface area contributed by atoms with Crippen LogP contribution in [0.15, 0.2) is 30.3 Å². The molecule has 0 aliphatic carbocycles. The molecule has 1 atom stereocenters. The van der Waals surface area contributed by atoms with Gasteiger partial charge in [-0.1, -0.05) is 30.3 Å². The molecule has 0 spiro atoms. The van der Waals surface area contributed by atoms with Crippen molar-refractivity contribution in [1.29, 1.82) is 0 Å². The van der Waals surface area contributed by atoms with Gasteiger partial charge in [0.25, 0.3) is 0 Å². The first-order valence-corrected chi connectivity index (χ1v) is 5.54. The lowest BCUT2D eigenvalue weighted by Crippen LogP contribution is -2.38. The van der Waals surface area contributed by atoms with Crippen molar-refractivity contribution in [2.75, 3.05) is 13.1 Å². The molecule has 1 aromatic rings. The molecule has 0 saturated carbocycles. The van der Waals surface area contributed by atoms with Crippen LogP contribution in [0.3, 0.4) is 0 Å². The van der Waals surface area contributed by atoms with Gasteiger partial charge in [-0.05, 0) is 18.4 Å². The molecule has 0 fully saturated rings. The first kappa shape index (κ1) is 14.0. The van der Waals surface area contributed by atoms with Gasteiger partial charge in [0.05, 0.1) is 6.54 Å². The second-order valence-electron chi connectivity index (χ2n) is 4.03. The average Bonchev–Trinajstić information content (AvgIpc) is 2.26. The summed E-state index contributed by atoms with van der Waals surface area (Å²) in [5.41, 5.74) is 6.87. The Balaban J connectivity index is 2.15. The van der Waals surface area contributed by atoms with Crippen LogP contribution in [0.5, 0.6) is 0 Å². The number of halogens is 3. The molecule has 96 valence electrons. The molecule has 0 radical (unpaired) electrons. The van der Waals surface area contributed by atoms with Gasteiger partial charge in [-0.15, -0.1) is 0 Å². The monoisotopic (exact) mass is 246 g/mol. The number of hydrogen-bond acceptors (Lipinski definition) is 2. The fraction of sp³-hybridized carbons (Fsp3) is 0.500. The summed E-state index contributed by atoms with van der Waals surface area (Å²) in [5.74, 6) is 0. The normalized spacial score (nSPS) is 13.6. The van der Waals surface area contributed by atoms with Gasteiger partial charge in [-0.3, -0.25) is 0 Å². The number of aryl methyl sites for hydroxylation is 1. The number of nitrogens with one attached hydrogen (secondary N) is 1. The van der Waals surface area contributed by atoms with E-state index in [1.165, 1.54) is 0 Å². The molecule has 1 aromatic carbocycles. The molecule has 0 saturated heterocycles. The van der Waals surface area contributed by atoms with Crippen molar-refractivity contribution in [2.24, 2.45) is 5.73 Å². The lowest BCUT2D eigenvalue weighted by atomic mass is 10.1. The van der Waals surface area contributed by atoms with E-state index in [1.807, 2.05) is 30.3 Å². The molecule has 0 amide bonds. The third-order valence-electron chi connectivity index (χ3n) is 2.38. The highest BCUT2D eigenvalue weighted by Crippen LogP contribution is 2.12. The second kappa shape index (κ2) is 6.61. The topological polar surface area (TPSA) is 38.0 Å². The van der Waals surface area contributed by atoms with Crippen molar-refractivity contribution in [3.63, 3.8) is 0 Å². The molecule has 1 rings (SSSR count). The Labute approximate surface area is 99.0 Å². The van der Waals surface area contributed by atoms with Crippen LogP contribution < -0.4 is 11.1 Å². The fourth-order valence-corrected chi connectivity index (χ4v) is 1.50. The standard InChI is InChI=1S/C12H17F3N2/c13-12(14,15)9-17-8-11(16)7-6-10-4-2-1-3-5-10/h1-5,11,17H,6-9,16H2. The number of hydrogen-bond donors (Lipinski definition) is 2. The Hall–Kier alpha value is -1.07. The van der Waals surface area contributed by atoms with Crippen LogP contribution in [0.1, 0.15) is 12.0 Å². The molecule has 0 heterocycles. The van der Waals surface area contributed by atoms with Gasteiger partial charge in [0, 0.05) is 12.6 Å². The van der Waals surface area contributed by atoms with E-state index < -0.39 is 12.7 Å². The van der Waals surface area contributed by atoms with E-state index in [1.54, 1.807) is 0 Å². The second-order valence-corrected chi connectivity index (χ2v) is 4.03. The molecule has 1 unspecified atom stereocenters.